The summed E-state index contributed by atoms with van der Waals surface area (Å²) in [6.07, 6.45) is 3.32. The van der Waals surface area contributed by atoms with Gasteiger partial charge in [0.25, 0.3) is 0 Å². The van der Waals surface area contributed by atoms with Crippen LogP contribution in [0.15, 0.2) is 36.7 Å². The van der Waals surface area contributed by atoms with Crippen molar-refractivity contribution in [1.82, 2.24) is 14.7 Å². The van der Waals surface area contributed by atoms with Crippen LogP contribution in [0.5, 0.6) is 0 Å². The van der Waals surface area contributed by atoms with Gasteiger partial charge in [-0.1, -0.05) is 12.1 Å². The third-order valence-corrected chi connectivity index (χ3v) is 3.73. The lowest BCUT2D eigenvalue weighted by Gasteiger charge is -2.40. The smallest absolute Gasteiger partial charge is 0.123 e. The summed E-state index contributed by atoms with van der Waals surface area (Å²) >= 11 is 0. The van der Waals surface area contributed by atoms with E-state index in [1.165, 1.54) is 12.1 Å². The number of halogens is 1. The summed E-state index contributed by atoms with van der Waals surface area (Å²) in [6, 6.07) is 6.42. The molecule has 0 bridgehead atoms. The molecule has 1 unspecified atom stereocenters. The van der Waals surface area contributed by atoms with Crippen molar-refractivity contribution in [2.75, 3.05) is 19.6 Å². The highest BCUT2D eigenvalue weighted by atomic mass is 19.1. The van der Waals surface area contributed by atoms with Crippen molar-refractivity contribution in [1.29, 1.82) is 0 Å². The normalized spacial score (nSPS) is 17.9. The Balaban J connectivity index is 1.52. The van der Waals surface area contributed by atoms with Crippen molar-refractivity contribution < 1.29 is 9.50 Å². The maximum Gasteiger partial charge on any atom is 0.123 e. The van der Waals surface area contributed by atoms with Gasteiger partial charge in [0, 0.05) is 25.8 Å². The molecule has 0 radical (unpaired) electrons. The molecule has 2 aromatic rings. The summed E-state index contributed by atoms with van der Waals surface area (Å²) in [4.78, 5) is 2.18. The van der Waals surface area contributed by atoms with E-state index in [-0.39, 0.29) is 5.82 Å². The lowest BCUT2D eigenvalue weighted by atomic mass is 10.0. The highest BCUT2D eigenvalue weighted by Crippen LogP contribution is 2.24. The molecule has 0 aliphatic carbocycles. The molecule has 1 aromatic heterocycles. The minimum Gasteiger partial charge on any atom is -0.387 e. The Hall–Kier alpha value is -1.72. The zero-order chi connectivity index (χ0) is 14.1. The highest BCUT2D eigenvalue weighted by Gasteiger charge is 2.30. The molecule has 0 spiro atoms. The fraction of sp³-hybridized carbons (Fsp3) is 0.400. The van der Waals surface area contributed by atoms with Crippen molar-refractivity contribution >= 4 is 0 Å². The third-order valence-electron chi connectivity index (χ3n) is 3.73. The molecule has 0 amide bonds. The zero-order valence-corrected chi connectivity index (χ0v) is 11.4. The molecule has 1 atom stereocenters. The predicted molar refractivity (Wildman–Crippen MR) is 73.8 cm³/mol. The number of likely N-dealkylation sites (tertiary alicyclic amines) is 1. The number of hydrogen-bond acceptors (Lipinski definition) is 3. The fourth-order valence-corrected chi connectivity index (χ4v) is 2.53. The van der Waals surface area contributed by atoms with E-state index < -0.39 is 6.10 Å². The van der Waals surface area contributed by atoms with E-state index in [1.807, 2.05) is 24.0 Å². The molecule has 1 aromatic carbocycles. The first-order valence-corrected chi connectivity index (χ1v) is 6.78. The van der Waals surface area contributed by atoms with Gasteiger partial charge in [-0.25, -0.2) is 4.39 Å². The zero-order valence-electron chi connectivity index (χ0n) is 11.4. The van der Waals surface area contributed by atoms with Crippen molar-refractivity contribution in [3.63, 3.8) is 0 Å². The largest absolute Gasteiger partial charge is 0.387 e. The highest BCUT2D eigenvalue weighted by molar-refractivity contribution is 5.19. The van der Waals surface area contributed by atoms with Gasteiger partial charge < -0.3 is 5.11 Å². The molecular formula is C15H18FN3O. The molecule has 0 saturated carbocycles. The summed E-state index contributed by atoms with van der Waals surface area (Å²) in [6.45, 7) is 4.37. The minimum atomic E-state index is -0.573. The Morgan fingerprint density at radius 3 is 2.65 bits per heavy atom. The van der Waals surface area contributed by atoms with Crippen molar-refractivity contribution in [3.05, 3.63) is 53.6 Å². The molecule has 2 heterocycles. The van der Waals surface area contributed by atoms with Gasteiger partial charge in [-0.3, -0.25) is 9.58 Å². The molecule has 3 rings (SSSR count). The van der Waals surface area contributed by atoms with Crippen LogP contribution in [0.1, 0.15) is 23.3 Å². The van der Waals surface area contributed by atoms with E-state index in [0.29, 0.717) is 12.6 Å². The summed E-state index contributed by atoms with van der Waals surface area (Å²) in [5.74, 6) is -0.279. The van der Waals surface area contributed by atoms with Crippen LogP contribution in [0.4, 0.5) is 4.39 Å². The molecule has 1 fully saturated rings. The second-order valence-electron chi connectivity index (χ2n) is 5.44. The van der Waals surface area contributed by atoms with Gasteiger partial charge in [0.1, 0.15) is 5.82 Å². The molecule has 20 heavy (non-hydrogen) atoms. The fourth-order valence-electron chi connectivity index (χ4n) is 2.53. The number of nitrogens with zero attached hydrogens (tertiary/aromatic N) is 3. The first-order chi connectivity index (χ1) is 9.61. The van der Waals surface area contributed by atoms with Crippen molar-refractivity contribution in [2.24, 2.45) is 0 Å². The topological polar surface area (TPSA) is 41.3 Å². The number of aryl methyl sites for hydroxylation is 1. The number of hydrogen-bond donors (Lipinski definition) is 1. The maximum atomic E-state index is 12.8. The van der Waals surface area contributed by atoms with Gasteiger partial charge >= 0.3 is 0 Å². The van der Waals surface area contributed by atoms with Crippen LogP contribution >= 0.6 is 0 Å². The van der Waals surface area contributed by atoms with Crippen LogP contribution in [0.2, 0.25) is 0 Å². The van der Waals surface area contributed by atoms with Crippen LogP contribution in [0.3, 0.4) is 0 Å². The van der Waals surface area contributed by atoms with Crippen LogP contribution < -0.4 is 0 Å². The summed E-state index contributed by atoms with van der Waals surface area (Å²) in [7, 11) is 0. The Labute approximate surface area is 117 Å². The monoisotopic (exact) mass is 275 g/mol. The lowest BCUT2D eigenvalue weighted by Crippen LogP contribution is -2.49. The Morgan fingerprint density at radius 2 is 2.05 bits per heavy atom. The van der Waals surface area contributed by atoms with Gasteiger partial charge in [-0.05, 0) is 30.2 Å². The number of aliphatic hydroxyl groups excluding tert-OH is 1. The van der Waals surface area contributed by atoms with E-state index >= 15 is 0 Å². The molecule has 4 nitrogen and oxygen atoms in total. The molecule has 106 valence electrons. The number of rotatable bonds is 4. The quantitative estimate of drug-likeness (QED) is 0.927. The summed E-state index contributed by atoms with van der Waals surface area (Å²) in [5.41, 5.74) is 1.92. The van der Waals surface area contributed by atoms with Crippen LogP contribution in [0.25, 0.3) is 0 Å². The average Bonchev–Trinajstić information content (AvgIpc) is 2.80. The van der Waals surface area contributed by atoms with Crippen molar-refractivity contribution in [2.45, 2.75) is 19.1 Å². The van der Waals surface area contributed by atoms with E-state index in [4.69, 9.17) is 0 Å². The molecular weight excluding hydrogens is 257 g/mol. The second-order valence-corrected chi connectivity index (χ2v) is 5.44. The Kier molecular flexibility index (Phi) is 3.54. The Morgan fingerprint density at radius 1 is 1.35 bits per heavy atom. The van der Waals surface area contributed by atoms with E-state index in [2.05, 4.69) is 10.00 Å². The average molecular weight is 275 g/mol. The maximum absolute atomic E-state index is 12.8. The number of benzene rings is 1. The molecule has 1 aliphatic rings. The van der Waals surface area contributed by atoms with Crippen LogP contribution in [0, 0.1) is 12.7 Å². The molecule has 1 aliphatic heterocycles. The van der Waals surface area contributed by atoms with Gasteiger partial charge in [0.05, 0.1) is 18.3 Å². The second kappa shape index (κ2) is 5.34. The van der Waals surface area contributed by atoms with Crippen molar-refractivity contribution in [3.8, 4) is 0 Å². The Bertz CT molecular complexity index is 575. The van der Waals surface area contributed by atoms with Gasteiger partial charge in [0.15, 0.2) is 0 Å². The molecule has 5 heteroatoms. The van der Waals surface area contributed by atoms with E-state index in [1.54, 1.807) is 12.1 Å². The minimum absolute atomic E-state index is 0.279. The SMILES string of the molecule is Cc1cnn(C2CN(CC(O)c3ccc(F)cc3)C2)c1. The predicted octanol–water partition coefficient (Wildman–Crippen LogP) is 1.92. The van der Waals surface area contributed by atoms with Gasteiger partial charge in [-0.15, -0.1) is 0 Å². The third kappa shape index (κ3) is 2.73. The van der Waals surface area contributed by atoms with Crippen LogP contribution in [-0.2, 0) is 0 Å². The van der Waals surface area contributed by atoms with E-state index in [0.717, 1.165) is 24.2 Å². The summed E-state index contributed by atoms with van der Waals surface area (Å²) < 4.78 is 14.8. The number of aliphatic hydroxyl groups is 1. The molecule has 1 saturated heterocycles. The van der Waals surface area contributed by atoms with Crippen LogP contribution in [-0.4, -0.2) is 39.4 Å². The first-order valence-electron chi connectivity index (χ1n) is 6.78. The lowest BCUT2D eigenvalue weighted by molar-refractivity contribution is 0.0401. The van der Waals surface area contributed by atoms with E-state index in [9.17, 15) is 9.50 Å². The first kappa shape index (κ1) is 13.3. The molecule has 1 N–H and O–H groups in total. The standard InChI is InChI=1S/C15H18FN3O/c1-11-6-17-19(7-11)14-8-18(9-14)10-15(20)12-2-4-13(16)5-3-12/h2-7,14-15,20H,8-10H2,1H3. The van der Waals surface area contributed by atoms with Gasteiger partial charge in [0.2, 0.25) is 0 Å². The number of aromatic nitrogens is 2. The summed E-state index contributed by atoms with van der Waals surface area (Å²) in [5, 5.41) is 14.4. The van der Waals surface area contributed by atoms with Gasteiger partial charge in [-0.2, -0.15) is 5.10 Å². The number of β-amino-alcohol motifs (C(OH)–C–C–N with tert-alkyl or cyclic N) is 1.